The van der Waals surface area contributed by atoms with Crippen molar-refractivity contribution in [2.75, 3.05) is 19.8 Å². The van der Waals surface area contributed by atoms with Crippen LogP contribution in [0.15, 0.2) is 30.9 Å². The lowest BCUT2D eigenvalue weighted by Crippen LogP contribution is -2.50. The average Bonchev–Trinajstić information content (AvgIpc) is 3.31. The molecule has 154 valence electrons. The van der Waals surface area contributed by atoms with Gasteiger partial charge in [0.05, 0.1) is 19.4 Å². The molecule has 0 aromatic carbocycles. The number of aromatic nitrogens is 4. The first-order chi connectivity index (χ1) is 14.1. The third-order valence-electron chi connectivity index (χ3n) is 6.72. The van der Waals surface area contributed by atoms with Crippen LogP contribution in [0.1, 0.15) is 44.1 Å². The van der Waals surface area contributed by atoms with Crippen molar-refractivity contribution >= 4 is 23.8 Å². The van der Waals surface area contributed by atoms with Crippen molar-refractivity contribution in [1.82, 2.24) is 23.6 Å². The van der Waals surface area contributed by atoms with E-state index in [4.69, 9.17) is 9.72 Å². The Labute approximate surface area is 177 Å². The Morgan fingerprint density at radius 2 is 1.97 bits per heavy atom. The number of nitrogens with zero attached hydrogens (tertiary/aromatic N) is 5. The summed E-state index contributed by atoms with van der Waals surface area (Å²) in [6, 6.07) is 3.58. The van der Waals surface area contributed by atoms with E-state index in [0.29, 0.717) is 18.0 Å². The van der Waals surface area contributed by atoms with E-state index in [9.17, 15) is 0 Å². The summed E-state index contributed by atoms with van der Waals surface area (Å²) in [5, 5.41) is 5.49. The first-order valence-electron chi connectivity index (χ1n) is 10.6. The number of morpholine rings is 1. The van der Waals surface area contributed by atoms with Gasteiger partial charge in [0.2, 0.25) is 0 Å². The van der Waals surface area contributed by atoms with Gasteiger partial charge >= 0.3 is 0 Å². The largest absolute Gasteiger partial charge is 0.379 e. The lowest BCUT2D eigenvalue weighted by molar-refractivity contribution is -0.0301. The van der Waals surface area contributed by atoms with Crippen molar-refractivity contribution in [3.63, 3.8) is 0 Å². The van der Waals surface area contributed by atoms with Crippen LogP contribution >= 0.6 is 12.8 Å². The number of rotatable bonds is 3. The molecule has 3 aromatic heterocycles. The van der Waals surface area contributed by atoms with Gasteiger partial charge in [-0.2, -0.15) is 5.10 Å². The molecule has 0 spiro atoms. The van der Waals surface area contributed by atoms with Crippen LogP contribution in [0.25, 0.3) is 22.2 Å². The minimum Gasteiger partial charge on any atom is -0.379 e. The third kappa shape index (κ3) is 3.60. The highest BCUT2D eigenvalue weighted by atomic mass is 32.1. The lowest BCUT2D eigenvalue weighted by Gasteiger charge is -2.42. The Balaban J connectivity index is 1.37. The second-order valence-electron chi connectivity index (χ2n) is 8.60. The highest BCUT2D eigenvalue weighted by Gasteiger charge is 2.31. The van der Waals surface area contributed by atoms with Crippen molar-refractivity contribution < 1.29 is 4.74 Å². The Bertz CT molecular complexity index is 1000. The lowest BCUT2D eigenvalue weighted by atomic mass is 9.81. The zero-order valence-electron chi connectivity index (χ0n) is 17.2. The molecule has 1 atom stereocenters. The molecule has 0 unspecified atom stereocenters. The Morgan fingerprint density at radius 1 is 1.14 bits per heavy atom. The van der Waals surface area contributed by atoms with Gasteiger partial charge in [-0.3, -0.25) is 13.6 Å². The van der Waals surface area contributed by atoms with Gasteiger partial charge in [-0.25, -0.2) is 4.98 Å². The summed E-state index contributed by atoms with van der Waals surface area (Å²) in [5.41, 5.74) is 4.52. The van der Waals surface area contributed by atoms with Crippen LogP contribution in [-0.4, -0.2) is 55.5 Å². The first-order valence-corrected chi connectivity index (χ1v) is 11.0. The molecule has 29 heavy (non-hydrogen) atoms. The molecule has 0 amide bonds. The van der Waals surface area contributed by atoms with E-state index in [2.05, 4.69) is 42.0 Å². The highest BCUT2D eigenvalue weighted by molar-refractivity contribution is 7.78. The first kappa shape index (κ1) is 19.2. The summed E-state index contributed by atoms with van der Waals surface area (Å²) >= 11 is 4.58. The van der Waals surface area contributed by atoms with Crippen molar-refractivity contribution in [3.8, 4) is 11.1 Å². The molecule has 1 saturated heterocycles. The molecule has 3 aromatic rings. The molecule has 2 aliphatic rings. The Kier molecular flexibility index (Phi) is 5.14. The second-order valence-corrected chi connectivity index (χ2v) is 9.03. The van der Waals surface area contributed by atoms with E-state index < -0.39 is 0 Å². The summed E-state index contributed by atoms with van der Waals surface area (Å²) in [6.07, 6.45) is 13.0. The van der Waals surface area contributed by atoms with Gasteiger partial charge < -0.3 is 4.74 Å². The van der Waals surface area contributed by atoms with Crippen LogP contribution in [0.5, 0.6) is 0 Å². The number of thiol groups is 1. The number of hydrogen-bond donors (Lipinski definition) is 1. The van der Waals surface area contributed by atoms with Crippen molar-refractivity contribution in [2.24, 2.45) is 7.05 Å². The zero-order chi connectivity index (χ0) is 20.0. The summed E-state index contributed by atoms with van der Waals surface area (Å²) < 4.78 is 9.27. The van der Waals surface area contributed by atoms with Crippen LogP contribution in [0.4, 0.5) is 0 Å². The van der Waals surface area contributed by atoms with E-state index in [1.165, 1.54) is 31.2 Å². The minimum atomic E-state index is 0.542. The van der Waals surface area contributed by atoms with Gasteiger partial charge in [0.15, 0.2) is 0 Å². The maximum Gasteiger partial charge on any atom is 0.150 e. The van der Waals surface area contributed by atoms with Gasteiger partial charge in [-0.15, -0.1) is 0 Å². The van der Waals surface area contributed by atoms with Crippen molar-refractivity contribution in [2.45, 2.75) is 50.6 Å². The summed E-state index contributed by atoms with van der Waals surface area (Å²) in [6.45, 7) is 5.13. The smallest absolute Gasteiger partial charge is 0.150 e. The number of fused-ring (bicyclic) bond motifs is 1. The standard InChI is InChI=1S/C22H29N5OS/c1-15-14-28-8-7-26(15)19-5-3-16(4-6-19)17-9-20-21(18-11-24-25(2)12-18)13-27(29)22(20)23-10-17/h9-13,15-16,19,29H,3-8,14H2,1-2H3/t15-,16-,19+/m0/s1. The molecule has 1 saturated carbocycles. The Morgan fingerprint density at radius 3 is 2.69 bits per heavy atom. The molecule has 0 bridgehead atoms. The molecule has 1 aliphatic heterocycles. The second kappa shape index (κ2) is 7.78. The van der Waals surface area contributed by atoms with E-state index in [0.717, 1.165) is 41.9 Å². The predicted octanol–water partition coefficient (Wildman–Crippen LogP) is 3.88. The average molecular weight is 412 g/mol. The van der Waals surface area contributed by atoms with Crippen LogP contribution in [0, 0.1) is 0 Å². The highest BCUT2D eigenvalue weighted by Crippen LogP contribution is 2.38. The molecule has 0 radical (unpaired) electrons. The van der Waals surface area contributed by atoms with Gasteiger partial charge in [-0.1, -0.05) is 12.8 Å². The van der Waals surface area contributed by atoms with Crippen LogP contribution in [0.3, 0.4) is 0 Å². The maximum absolute atomic E-state index is 5.62. The molecular formula is C22H29N5OS. The molecule has 2 fully saturated rings. The fourth-order valence-corrected chi connectivity index (χ4v) is 5.42. The number of aryl methyl sites for hydroxylation is 1. The maximum atomic E-state index is 5.62. The van der Waals surface area contributed by atoms with Gasteiger partial charge in [0, 0.05) is 60.8 Å². The number of hydrogen-bond acceptors (Lipinski definition) is 5. The van der Waals surface area contributed by atoms with Crippen LogP contribution in [-0.2, 0) is 11.8 Å². The SMILES string of the molecule is C[C@H]1COCCN1[C@H]1CC[C@@H](c2cnc3c(c2)c(-c2cnn(C)c2)cn3S)CC1. The Hall–Kier alpha value is -1.83. The number of pyridine rings is 1. The van der Waals surface area contributed by atoms with E-state index in [-0.39, 0.29) is 0 Å². The topological polar surface area (TPSA) is 48.1 Å². The van der Waals surface area contributed by atoms with Gasteiger partial charge in [0.1, 0.15) is 5.65 Å². The zero-order valence-corrected chi connectivity index (χ0v) is 18.1. The van der Waals surface area contributed by atoms with E-state index in [1.807, 2.05) is 34.3 Å². The monoisotopic (exact) mass is 411 g/mol. The fourth-order valence-electron chi connectivity index (χ4n) is 5.14. The molecule has 7 heteroatoms. The molecule has 0 N–H and O–H groups in total. The molecule has 6 nitrogen and oxygen atoms in total. The summed E-state index contributed by atoms with van der Waals surface area (Å²) in [7, 11) is 1.95. The fraction of sp³-hybridized carbons (Fsp3) is 0.545. The molecular weight excluding hydrogens is 382 g/mol. The van der Waals surface area contributed by atoms with Crippen molar-refractivity contribution in [3.05, 3.63) is 36.4 Å². The van der Waals surface area contributed by atoms with E-state index in [1.54, 1.807) is 0 Å². The summed E-state index contributed by atoms with van der Waals surface area (Å²) in [5.74, 6) is 0.588. The summed E-state index contributed by atoms with van der Waals surface area (Å²) in [4.78, 5) is 7.43. The van der Waals surface area contributed by atoms with Gasteiger partial charge in [-0.05, 0) is 50.2 Å². The van der Waals surface area contributed by atoms with Crippen LogP contribution in [0.2, 0.25) is 0 Å². The molecule has 5 rings (SSSR count). The van der Waals surface area contributed by atoms with Crippen LogP contribution < -0.4 is 0 Å². The normalized spacial score (nSPS) is 26.2. The predicted molar refractivity (Wildman–Crippen MR) is 118 cm³/mol. The molecule has 4 heterocycles. The van der Waals surface area contributed by atoms with Crippen molar-refractivity contribution in [1.29, 1.82) is 0 Å². The third-order valence-corrected chi connectivity index (χ3v) is 7.02. The minimum absolute atomic E-state index is 0.542. The molecule has 1 aliphatic carbocycles. The van der Waals surface area contributed by atoms with Gasteiger partial charge in [0.25, 0.3) is 0 Å². The number of ether oxygens (including phenoxy) is 1. The quantitative estimate of drug-likeness (QED) is 0.665. The van der Waals surface area contributed by atoms with E-state index >= 15 is 0 Å².